The van der Waals surface area contributed by atoms with E-state index in [0.29, 0.717) is 30.2 Å². The predicted molar refractivity (Wildman–Crippen MR) is 116 cm³/mol. The molecule has 1 amide bonds. The van der Waals surface area contributed by atoms with Crippen molar-refractivity contribution >= 4 is 33.6 Å². The summed E-state index contributed by atoms with van der Waals surface area (Å²) in [5.74, 6) is 0.723. The maximum atomic E-state index is 12.9. The molecule has 1 fully saturated rings. The summed E-state index contributed by atoms with van der Waals surface area (Å²) in [5.41, 5.74) is 1.81. The van der Waals surface area contributed by atoms with Gasteiger partial charge in [0.05, 0.1) is 14.2 Å². The molecule has 0 aliphatic carbocycles. The summed E-state index contributed by atoms with van der Waals surface area (Å²) in [6.07, 6.45) is 1.55. The molecule has 0 atom stereocenters. The Labute approximate surface area is 179 Å². The summed E-state index contributed by atoms with van der Waals surface area (Å²) in [6.45, 7) is 2.57. The normalized spacial score (nSPS) is 14.3. The minimum Gasteiger partial charge on any atom is -0.493 e. The molecular weight excluding hydrogens is 434 g/mol. The number of amides is 1. The zero-order valence-electron chi connectivity index (χ0n) is 16.4. The van der Waals surface area contributed by atoms with E-state index in [9.17, 15) is 10.1 Å². The van der Waals surface area contributed by atoms with Gasteiger partial charge in [-0.2, -0.15) is 5.26 Å². The lowest BCUT2D eigenvalue weighted by atomic mass is 10.1. The standard InChI is InChI=1S/C22H22BrN3O3/c1-28-20-14-18(23)13-16(21(20)29-2)12-17(15-24)22(27)26-10-8-25(9-11-26)19-6-4-3-5-7-19/h3-7,12-14H,8-11H2,1-2H3/b17-12-. The van der Waals surface area contributed by atoms with Crippen LogP contribution in [-0.2, 0) is 4.79 Å². The number of carbonyl (C=O) groups is 1. The van der Waals surface area contributed by atoms with E-state index >= 15 is 0 Å². The van der Waals surface area contributed by atoms with Gasteiger partial charge in [0.25, 0.3) is 5.91 Å². The fourth-order valence-electron chi connectivity index (χ4n) is 3.34. The minimum absolute atomic E-state index is 0.0663. The van der Waals surface area contributed by atoms with E-state index < -0.39 is 0 Å². The zero-order chi connectivity index (χ0) is 20.8. The first-order valence-electron chi connectivity index (χ1n) is 9.20. The SMILES string of the molecule is COc1cc(Br)cc(/C=C(/C#N)C(=O)N2CCN(c3ccccc3)CC2)c1OC. The number of nitriles is 1. The summed E-state index contributed by atoms with van der Waals surface area (Å²) < 4.78 is 11.5. The van der Waals surface area contributed by atoms with Gasteiger partial charge in [0.2, 0.25) is 0 Å². The van der Waals surface area contributed by atoms with E-state index in [4.69, 9.17) is 9.47 Å². The highest BCUT2D eigenvalue weighted by Gasteiger charge is 2.24. The molecule has 0 spiro atoms. The number of nitrogens with zero attached hydrogens (tertiary/aromatic N) is 3. The summed E-state index contributed by atoms with van der Waals surface area (Å²) >= 11 is 3.42. The molecule has 0 N–H and O–H groups in total. The van der Waals surface area contributed by atoms with Crippen molar-refractivity contribution in [1.82, 2.24) is 4.90 Å². The molecule has 6 nitrogen and oxygen atoms in total. The molecule has 1 aliphatic rings. The van der Waals surface area contributed by atoms with Crippen molar-refractivity contribution < 1.29 is 14.3 Å². The third-order valence-electron chi connectivity index (χ3n) is 4.81. The number of ether oxygens (including phenoxy) is 2. The number of hydrogen-bond donors (Lipinski definition) is 0. The first-order valence-corrected chi connectivity index (χ1v) is 9.99. The quantitative estimate of drug-likeness (QED) is 0.507. The highest BCUT2D eigenvalue weighted by atomic mass is 79.9. The lowest BCUT2D eigenvalue weighted by Crippen LogP contribution is -2.49. The Kier molecular flexibility index (Phi) is 6.78. The molecule has 1 saturated heterocycles. The van der Waals surface area contributed by atoms with Crippen LogP contribution in [0.3, 0.4) is 0 Å². The first kappa shape index (κ1) is 20.7. The second-order valence-electron chi connectivity index (χ2n) is 6.52. The third kappa shape index (κ3) is 4.72. The van der Waals surface area contributed by atoms with Gasteiger partial charge < -0.3 is 19.3 Å². The van der Waals surface area contributed by atoms with Gasteiger partial charge in [-0.25, -0.2) is 0 Å². The molecule has 7 heteroatoms. The number of anilines is 1. The molecule has 1 aliphatic heterocycles. The Bertz CT molecular complexity index is 946. The number of para-hydroxylation sites is 1. The van der Waals surface area contributed by atoms with Crippen LogP contribution in [0.15, 0.2) is 52.5 Å². The molecule has 0 radical (unpaired) electrons. The number of halogens is 1. The maximum Gasteiger partial charge on any atom is 0.264 e. The van der Waals surface area contributed by atoms with E-state index in [1.54, 1.807) is 30.2 Å². The molecule has 1 heterocycles. The maximum absolute atomic E-state index is 12.9. The Morgan fingerprint density at radius 1 is 1.10 bits per heavy atom. The van der Waals surface area contributed by atoms with Crippen LogP contribution in [0.25, 0.3) is 6.08 Å². The Balaban J connectivity index is 1.78. The first-order chi connectivity index (χ1) is 14.1. The Hall–Kier alpha value is -2.98. The molecule has 2 aromatic carbocycles. The number of hydrogen-bond acceptors (Lipinski definition) is 5. The highest BCUT2D eigenvalue weighted by molar-refractivity contribution is 9.10. The highest BCUT2D eigenvalue weighted by Crippen LogP contribution is 2.36. The zero-order valence-corrected chi connectivity index (χ0v) is 18.0. The third-order valence-corrected chi connectivity index (χ3v) is 5.27. The predicted octanol–water partition coefficient (Wildman–Crippen LogP) is 3.72. The number of benzene rings is 2. The van der Waals surface area contributed by atoms with Crippen LogP contribution < -0.4 is 14.4 Å². The van der Waals surface area contributed by atoms with Gasteiger partial charge >= 0.3 is 0 Å². The largest absolute Gasteiger partial charge is 0.493 e. The lowest BCUT2D eigenvalue weighted by molar-refractivity contribution is -0.126. The topological polar surface area (TPSA) is 65.8 Å². The van der Waals surface area contributed by atoms with Gasteiger partial charge in [0, 0.05) is 41.9 Å². The van der Waals surface area contributed by atoms with Gasteiger partial charge in [-0.05, 0) is 30.3 Å². The van der Waals surface area contributed by atoms with Crippen LogP contribution in [0.1, 0.15) is 5.56 Å². The molecule has 29 heavy (non-hydrogen) atoms. The monoisotopic (exact) mass is 455 g/mol. The number of piperazine rings is 1. The fourth-order valence-corrected chi connectivity index (χ4v) is 3.79. The van der Waals surface area contributed by atoms with Crippen molar-refractivity contribution in [3.63, 3.8) is 0 Å². The fraction of sp³-hybridized carbons (Fsp3) is 0.273. The van der Waals surface area contributed by atoms with Gasteiger partial charge in [-0.15, -0.1) is 0 Å². The molecule has 0 saturated carbocycles. The van der Waals surface area contributed by atoms with Crippen molar-refractivity contribution in [3.8, 4) is 17.6 Å². The van der Waals surface area contributed by atoms with Gasteiger partial charge in [-0.3, -0.25) is 4.79 Å². The van der Waals surface area contributed by atoms with Crippen molar-refractivity contribution in [2.75, 3.05) is 45.3 Å². The van der Waals surface area contributed by atoms with Gasteiger partial charge in [0.1, 0.15) is 11.6 Å². The molecule has 150 valence electrons. The van der Waals surface area contributed by atoms with Crippen LogP contribution in [0, 0.1) is 11.3 Å². The number of methoxy groups -OCH3 is 2. The van der Waals surface area contributed by atoms with Crippen LogP contribution in [0.4, 0.5) is 5.69 Å². The lowest BCUT2D eigenvalue weighted by Gasteiger charge is -2.36. The number of rotatable bonds is 5. The summed E-state index contributed by atoms with van der Waals surface area (Å²) in [4.78, 5) is 16.9. The Morgan fingerprint density at radius 3 is 2.38 bits per heavy atom. The van der Waals surface area contributed by atoms with E-state index in [0.717, 1.165) is 23.2 Å². The van der Waals surface area contributed by atoms with Gasteiger partial charge in [-0.1, -0.05) is 34.1 Å². The second kappa shape index (κ2) is 9.48. The molecular formula is C22H22BrN3O3. The molecule has 0 bridgehead atoms. The second-order valence-corrected chi connectivity index (χ2v) is 7.43. The van der Waals surface area contributed by atoms with Crippen molar-refractivity contribution in [3.05, 3.63) is 58.1 Å². The number of carbonyl (C=O) groups excluding carboxylic acids is 1. The molecule has 0 unspecified atom stereocenters. The smallest absolute Gasteiger partial charge is 0.264 e. The van der Waals surface area contributed by atoms with Gasteiger partial charge in [0.15, 0.2) is 11.5 Å². The van der Waals surface area contributed by atoms with E-state index in [-0.39, 0.29) is 11.5 Å². The van der Waals surface area contributed by atoms with E-state index in [1.807, 2.05) is 24.3 Å². The van der Waals surface area contributed by atoms with E-state index in [2.05, 4.69) is 33.0 Å². The Morgan fingerprint density at radius 2 is 1.79 bits per heavy atom. The minimum atomic E-state index is -0.277. The van der Waals surface area contributed by atoms with E-state index in [1.165, 1.54) is 7.11 Å². The average Bonchev–Trinajstić information content (AvgIpc) is 2.77. The van der Waals surface area contributed by atoms with Crippen LogP contribution in [0.5, 0.6) is 11.5 Å². The van der Waals surface area contributed by atoms with Crippen molar-refractivity contribution in [2.24, 2.45) is 0 Å². The van der Waals surface area contributed by atoms with Crippen molar-refractivity contribution in [1.29, 1.82) is 5.26 Å². The summed E-state index contributed by atoms with van der Waals surface area (Å²) in [7, 11) is 3.07. The van der Waals surface area contributed by atoms with Crippen LogP contribution in [-0.4, -0.2) is 51.2 Å². The summed E-state index contributed by atoms with van der Waals surface area (Å²) in [5, 5.41) is 9.62. The van der Waals surface area contributed by atoms with Crippen LogP contribution in [0.2, 0.25) is 0 Å². The molecule has 2 aromatic rings. The van der Waals surface area contributed by atoms with Crippen LogP contribution >= 0.6 is 15.9 Å². The molecule has 0 aromatic heterocycles. The average molecular weight is 456 g/mol. The summed E-state index contributed by atoms with van der Waals surface area (Å²) in [6, 6.07) is 15.7. The molecule has 3 rings (SSSR count). The van der Waals surface area contributed by atoms with Crippen molar-refractivity contribution in [2.45, 2.75) is 0 Å².